The minimum atomic E-state index is -3.52. The Kier molecular flexibility index (Phi) is 4.48. The van der Waals surface area contributed by atoms with Crippen molar-refractivity contribution in [1.29, 1.82) is 0 Å². The van der Waals surface area contributed by atoms with Crippen molar-refractivity contribution in [2.24, 2.45) is 0 Å². The highest BCUT2D eigenvalue weighted by molar-refractivity contribution is 7.92. The number of carbonyl (C=O) groups excluding carboxylic acids is 1. The summed E-state index contributed by atoms with van der Waals surface area (Å²) >= 11 is 0. The van der Waals surface area contributed by atoms with Crippen LogP contribution in [0.3, 0.4) is 0 Å². The molecule has 1 aliphatic heterocycles. The van der Waals surface area contributed by atoms with E-state index >= 15 is 0 Å². The van der Waals surface area contributed by atoms with Crippen molar-refractivity contribution in [3.8, 4) is 0 Å². The van der Waals surface area contributed by atoms with Gasteiger partial charge in [-0.1, -0.05) is 0 Å². The molecule has 1 aromatic rings. The number of rotatable bonds is 4. The van der Waals surface area contributed by atoms with Crippen LogP contribution in [0.1, 0.15) is 12.8 Å². The molecule has 2 rings (SSSR count). The molecule has 1 aliphatic rings. The van der Waals surface area contributed by atoms with Gasteiger partial charge < -0.3 is 10.1 Å². The fourth-order valence-corrected chi connectivity index (χ4v) is 2.58. The Bertz CT molecular complexity index is 642. The Morgan fingerprint density at radius 2 is 2.19 bits per heavy atom. The summed E-state index contributed by atoms with van der Waals surface area (Å²) in [5.41, 5.74) is 0.300. The first kappa shape index (κ1) is 15.7. The predicted molar refractivity (Wildman–Crippen MR) is 77.3 cm³/mol. The van der Waals surface area contributed by atoms with E-state index in [1.165, 1.54) is 13.1 Å². The maximum absolute atomic E-state index is 13.4. The van der Waals surface area contributed by atoms with Crippen molar-refractivity contribution in [2.75, 3.05) is 29.5 Å². The van der Waals surface area contributed by atoms with Crippen molar-refractivity contribution < 1.29 is 22.3 Å². The number of ether oxygens (including phenoxy) is 1. The molecule has 1 N–H and O–H groups in total. The standard InChI is InChI=1S/C13H17FN2O4S/c1-16(21(2,18)19)11-6-5-9(14)8-10(11)15-13(17)12-4-3-7-20-12/h5-6,8,12H,3-4,7H2,1-2H3,(H,15,17). The number of hydrogen-bond donors (Lipinski definition) is 1. The molecule has 8 heteroatoms. The third kappa shape index (κ3) is 3.70. The Balaban J connectivity index is 2.29. The van der Waals surface area contributed by atoms with Crippen LogP contribution in [0.4, 0.5) is 15.8 Å². The zero-order chi connectivity index (χ0) is 15.6. The number of halogens is 1. The van der Waals surface area contributed by atoms with Gasteiger partial charge in [0.05, 0.1) is 17.6 Å². The van der Waals surface area contributed by atoms with Crippen LogP contribution in [0.25, 0.3) is 0 Å². The van der Waals surface area contributed by atoms with Crippen LogP contribution in [-0.4, -0.2) is 40.3 Å². The highest BCUT2D eigenvalue weighted by Gasteiger charge is 2.25. The average Bonchev–Trinajstić information content (AvgIpc) is 2.91. The Hall–Kier alpha value is -1.67. The maximum atomic E-state index is 13.4. The zero-order valence-corrected chi connectivity index (χ0v) is 12.6. The normalized spacial score (nSPS) is 18.5. The number of benzene rings is 1. The molecule has 1 fully saturated rings. The van der Waals surface area contributed by atoms with E-state index in [2.05, 4.69) is 5.32 Å². The van der Waals surface area contributed by atoms with Gasteiger partial charge in [-0.2, -0.15) is 0 Å². The van der Waals surface area contributed by atoms with Crippen molar-refractivity contribution in [3.05, 3.63) is 24.0 Å². The lowest BCUT2D eigenvalue weighted by Gasteiger charge is -2.21. The van der Waals surface area contributed by atoms with Crippen molar-refractivity contribution in [2.45, 2.75) is 18.9 Å². The molecule has 0 saturated carbocycles. The van der Waals surface area contributed by atoms with Gasteiger partial charge in [0.2, 0.25) is 10.0 Å². The molecular weight excluding hydrogens is 299 g/mol. The lowest BCUT2D eigenvalue weighted by Crippen LogP contribution is -2.30. The Morgan fingerprint density at radius 3 is 2.76 bits per heavy atom. The average molecular weight is 316 g/mol. The minimum Gasteiger partial charge on any atom is -0.368 e. The van der Waals surface area contributed by atoms with Crippen LogP contribution in [-0.2, 0) is 19.6 Å². The summed E-state index contributed by atoms with van der Waals surface area (Å²) < 4.78 is 42.8. The smallest absolute Gasteiger partial charge is 0.253 e. The number of hydrogen-bond acceptors (Lipinski definition) is 4. The quantitative estimate of drug-likeness (QED) is 0.909. The summed E-state index contributed by atoms with van der Waals surface area (Å²) in [6, 6.07) is 3.53. The first-order valence-electron chi connectivity index (χ1n) is 6.45. The predicted octanol–water partition coefficient (Wildman–Crippen LogP) is 1.34. The van der Waals surface area contributed by atoms with Crippen LogP contribution in [0.5, 0.6) is 0 Å². The largest absolute Gasteiger partial charge is 0.368 e. The Morgan fingerprint density at radius 1 is 1.48 bits per heavy atom. The monoisotopic (exact) mass is 316 g/mol. The molecule has 1 amide bonds. The molecule has 1 aromatic carbocycles. The van der Waals surface area contributed by atoms with Crippen LogP contribution in [0.2, 0.25) is 0 Å². The molecule has 0 aliphatic carbocycles. The highest BCUT2D eigenvalue weighted by atomic mass is 32.2. The second kappa shape index (κ2) is 5.98. The molecule has 1 saturated heterocycles. The van der Waals surface area contributed by atoms with E-state index in [1.807, 2.05) is 0 Å². The van der Waals surface area contributed by atoms with Crippen LogP contribution in [0, 0.1) is 5.82 Å². The summed E-state index contributed by atoms with van der Waals surface area (Å²) in [7, 11) is -2.18. The van der Waals surface area contributed by atoms with Crippen LogP contribution < -0.4 is 9.62 Å². The number of amides is 1. The number of carbonyl (C=O) groups is 1. The van der Waals surface area contributed by atoms with E-state index in [4.69, 9.17) is 4.74 Å². The van der Waals surface area contributed by atoms with Gasteiger partial charge in [0.25, 0.3) is 5.91 Å². The first-order valence-corrected chi connectivity index (χ1v) is 8.30. The molecule has 1 heterocycles. The summed E-state index contributed by atoms with van der Waals surface area (Å²) in [4.78, 5) is 12.0. The zero-order valence-electron chi connectivity index (χ0n) is 11.8. The molecule has 21 heavy (non-hydrogen) atoms. The minimum absolute atomic E-state index is 0.100. The maximum Gasteiger partial charge on any atom is 0.253 e. The van der Waals surface area contributed by atoms with E-state index in [0.29, 0.717) is 13.0 Å². The van der Waals surface area contributed by atoms with E-state index in [0.717, 1.165) is 29.1 Å². The number of nitrogens with one attached hydrogen (secondary N) is 1. The van der Waals surface area contributed by atoms with Gasteiger partial charge in [-0.3, -0.25) is 9.10 Å². The third-order valence-corrected chi connectivity index (χ3v) is 4.47. The Labute approximate surface area is 122 Å². The fraction of sp³-hybridized carbons (Fsp3) is 0.462. The van der Waals surface area contributed by atoms with Crippen LogP contribution in [0.15, 0.2) is 18.2 Å². The van der Waals surface area contributed by atoms with Gasteiger partial charge in [-0.25, -0.2) is 12.8 Å². The van der Waals surface area contributed by atoms with E-state index in [9.17, 15) is 17.6 Å². The van der Waals surface area contributed by atoms with Gasteiger partial charge in [-0.15, -0.1) is 0 Å². The highest BCUT2D eigenvalue weighted by Crippen LogP contribution is 2.28. The first-order chi connectivity index (χ1) is 9.79. The molecule has 1 unspecified atom stereocenters. The third-order valence-electron chi connectivity index (χ3n) is 3.28. The second-order valence-electron chi connectivity index (χ2n) is 4.88. The van der Waals surface area contributed by atoms with E-state index in [1.54, 1.807) is 0 Å². The van der Waals surface area contributed by atoms with Crippen molar-refractivity contribution in [1.82, 2.24) is 0 Å². The van der Waals surface area contributed by atoms with E-state index in [-0.39, 0.29) is 11.4 Å². The number of nitrogens with zero attached hydrogens (tertiary/aromatic N) is 1. The number of anilines is 2. The molecule has 6 nitrogen and oxygen atoms in total. The van der Waals surface area contributed by atoms with Crippen molar-refractivity contribution >= 4 is 27.3 Å². The lowest BCUT2D eigenvalue weighted by atomic mass is 10.2. The van der Waals surface area contributed by atoms with Gasteiger partial charge in [-0.05, 0) is 31.0 Å². The second-order valence-corrected chi connectivity index (χ2v) is 6.90. The molecule has 1 atom stereocenters. The summed E-state index contributed by atoms with van der Waals surface area (Å²) in [6.07, 6.45) is 1.84. The van der Waals surface area contributed by atoms with Gasteiger partial charge in [0, 0.05) is 13.7 Å². The van der Waals surface area contributed by atoms with Crippen molar-refractivity contribution in [3.63, 3.8) is 0 Å². The molecule has 0 spiro atoms. The SMILES string of the molecule is CN(c1ccc(F)cc1NC(=O)C1CCCO1)S(C)(=O)=O. The van der Waals surface area contributed by atoms with Gasteiger partial charge in [0.1, 0.15) is 11.9 Å². The summed E-state index contributed by atoms with van der Waals surface area (Å²) in [6.45, 7) is 0.511. The molecule has 116 valence electrons. The molecule has 0 radical (unpaired) electrons. The van der Waals surface area contributed by atoms with Gasteiger partial charge in [0.15, 0.2) is 0 Å². The lowest BCUT2D eigenvalue weighted by molar-refractivity contribution is -0.124. The van der Waals surface area contributed by atoms with E-state index < -0.39 is 27.9 Å². The number of sulfonamides is 1. The fourth-order valence-electron chi connectivity index (χ4n) is 2.06. The topological polar surface area (TPSA) is 75.7 Å². The molecule has 0 aromatic heterocycles. The molecular formula is C13H17FN2O4S. The molecule has 0 bridgehead atoms. The summed E-state index contributed by atoms with van der Waals surface area (Å²) in [5, 5.41) is 2.54. The van der Waals surface area contributed by atoms with Gasteiger partial charge >= 0.3 is 0 Å². The van der Waals surface area contributed by atoms with Crippen LogP contribution >= 0.6 is 0 Å². The summed E-state index contributed by atoms with van der Waals surface area (Å²) in [5.74, 6) is -0.968.